The SMILES string of the molecule is Cc1cc(Nc2nccc(C(F)(F)F)n2)cc(-c2cnc(NC3CCCC3)nc2)c1. The molecule has 0 radical (unpaired) electrons. The lowest BCUT2D eigenvalue weighted by Crippen LogP contribution is -2.16. The van der Waals surface area contributed by atoms with Gasteiger partial charge in [0.2, 0.25) is 11.9 Å². The Hall–Kier alpha value is -3.23. The molecule has 1 aliphatic carbocycles. The smallest absolute Gasteiger partial charge is 0.351 e. The third kappa shape index (κ3) is 4.84. The summed E-state index contributed by atoms with van der Waals surface area (Å²) in [5.41, 5.74) is 2.17. The summed E-state index contributed by atoms with van der Waals surface area (Å²) in [7, 11) is 0. The van der Waals surface area contributed by atoms with Gasteiger partial charge in [0, 0.05) is 35.9 Å². The molecule has 1 aliphatic rings. The van der Waals surface area contributed by atoms with Gasteiger partial charge in [-0.3, -0.25) is 0 Å². The van der Waals surface area contributed by atoms with Crippen LogP contribution in [-0.2, 0) is 6.18 Å². The summed E-state index contributed by atoms with van der Waals surface area (Å²) < 4.78 is 38.6. The van der Waals surface area contributed by atoms with Crippen LogP contribution in [0.15, 0.2) is 42.9 Å². The molecule has 156 valence electrons. The fourth-order valence-corrected chi connectivity index (χ4v) is 3.53. The second kappa shape index (κ2) is 8.25. The van der Waals surface area contributed by atoms with Gasteiger partial charge >= 0.3 is 6.18 Å². The van der Waals surface area contributed by atoms with Crippen LogP contribution in [0.1, 0.15) is 36.9 Å². The van der Waals surface area contributed by atoms with Crippen LogP contribution >= 0.6 is 0 Å². The molecule has 0 aliphatic heterocycles. The molecule has 9 heteroatoms. The van der Waals surface area contributed by atoms with E-state index in [2.05, 4.69) is 30.6 Å². The number of anilines is 3. The minimum atomic E-state index is -4.53. The highest BCUT2D eigenvalue weighted by Crippen LogP contribution is 2.29. The number of hydrogen-bond acceptors (Lipinski definition) is 6. The lowest BCUT2D eigenvalue weighted by Gasteiger charge is -2.13. The summed E-state index contributed by atoms with van der Waals surface area (Å²) >= 11 is 0. The molecule has 0 atom stereocenters. The molecular weight excluding hydrogens is 393 g/mol. The second-order valence-corrected chi connectivity index (χ2v) is 7.40. The third-order valence-corrected chi connectivity index (χ3v) is 4.95. The molecule has 1 fully saturated rings. The molecule has 2 heterocycles. The van der Waals surface area contributed by atoms with Gasteiger partial charge in [-0.1, -0.05) is 18.9 Å². The van der Waals surface area contributed by atoms with Gasteiger partial charge in [0.1, 0.15) is 5.69 Å². The first kappa shape index (κ1) is 20.1. The first-order valence-electron chi connectivity index (χ1n) is 9.75. The van der Waals surface area contributed by atoms with Crippen LogP contribution in [0.4, 0.5) is 30.8 Å². The van der Waals surface area contributed by atoms with Crippen molar-refractivity contribution in [2.24, 2.45) is 0 Å². The fraction of sp³-hybridized carbons (Fsp3) is 0.333. The van der Waals surface area contributed by atoms with Crippen LogP contribution in [0.5, 0.6) is 0 Å². The fourth-order valence-electron chi connectivity index (χ4n) is 3.53. The number of aryl methyl sites for hydroxylation is 1. The van der Waals surface area contributed by atoms with E-state index in [-0.39, 0.29) is 5.95 Å². The number of benzene rings is 1. The Bertz CT molecular complexity index is 1010. The summed E-state index contributed by atoms with van der Waals surface area (Å²) in [6, 6.07) is 6.84. The Morgan fingerprint density at radius 2 is 1.67 bits per heavy atom. The molecule has 4 rings (SSSR count). The molecule has 6 nitrogen and oxygen atoms in total. The van der Waals surface area contributed by atoms with Crippen molar-refractivity contribution in [3.05, 3.63) is 54.1 Å². The van der Waals surface area contributed by atoms with Crippen LogP contribution in [0, 0.1) is 6.92 Å². The minimum Gasteiger partial charge on any atom is -0.351 e. The molecule has 1 saturated carbocycles. The Morgan fingerprint density at radius 1 is 0.933 bits per heavy atom. The van der Waals surface area contributed by atoms with Crippen LogP contribution in [0.3, 0.4) is 0 Å². The minimum absolute atomic E-state index is 0.117. The maximum atomic E-state index is 12.9. The van der Waals surface area contributed by atoms with Gasteiger partial charge in [0.15, 0.2) is 0 Å². The molecule has 0 saturated heterocycles. The summed E-state index contributed by atoms with van der Waals surface area (Å²) in [4.78, 5) is 16.3. The monoisotopic (exact) mass is 414 g/mol. The number of alkyl halides is 3. The van der Waals surface area contributed by atoms with E-state index in [4.69, 9.17) is 0 Å². The Labute approximate surface area is 172 Å². The van der Waals surface area contributed by atoms with Gasteiger partial charge < -0.3 is 10.6 Å². The predicted octanol–water partition coefficient (Wildman–Crippen LogP) is 5.36. The molecule has 3 aromatic rings. The molecule has 1 aromatic carbocycles. The van der Waals surface area contributed by atoms with E-state index in [1.165, 1.54) is 12.8 Å². The average Bonchev–Trinajstić information content (AvgIpc) is 3.21. The average molecular weight is 414 g/mol. The van der Waals surface area contributed by atoms with E-state index in [1.807, 2.05) is 19.1 Å². The zero-order valence-corrected chi connectivity index (χ0v) is 16.4. The summed E-state index contributed by atoms with van der Waals surface area (Å²) in [6.07, 6.45) is 4.76. The molecule has 0 unspecified atom stereocenters. The van der Waals surface area contributed by atoms with Gasteiger partial charge in [0.25, 0.3) is 0 Å². The maximum absolute atomic E-state index is 12.9. The van der Waals surface area contributed by atoms with Gasteiger partial charge in [-0.2, -0.15) is 13.2 Å². The molecule has 30 heavy (non-hydrogen) atoms. The van der Waals surface area contributed by atoms with E-state index in [1.54, 1.807) is 18.5 Å². The lowest BCUT2D eigenvalue weighted by molar-refractivity contribution is -0.141. The Balaban J connectivity index is 1.53. The van der Waals surface area contributed by atoms with Gasteiger partial charge in [-0.25, -0.2) is 19.9 Å². The highest BCUT2D eigenvalue weighted by atomic mass is 19.4. The quantitative estimate of drug-likeness (QED) is 0.586. The largest absolute Gasteiger partial charge is 0.433 e. The summed E-state index contributed by atoms with van der Waals surface area (Å²) in [5, 5.41) is 6.20. The number of aromatic nitrogens is 4. The maximum Gasteiger partial charge on any atom is 0.433 e. The Kier molecular flexibility index (Phi) is 5.52. The number of hydrogen-bond donors (Lipinski definition) is 2. The number of rotatable bonds is 5. The van der Waals surface area contributed by atoms with Gasteiger partial charge in [-0.15, -0.1) is 0 Å². The summed E-state index contributed by atoms with van der Waals surface area (Å²) in [6.45, 7) is 1.90. The van der Waals surface area contributed by atoms with E-state index >= 15 is 0 Å². The van der Waals surface area contributed by atoms with Crippen LogP contribution < -0.4 is 10.6 Å². The van der Waals surface area contributed by atoms with Crippen LogP contribution in [0.25, 0.3) is 11.1 Å². The standard InChI is InChI=1S/C21H21F3N6/c1-13-8-14(15-11-26-19(27-12-15)28-16-4-2-3-5-16)10-17(9-13)29-20-25-7-6-18(30-20)21(22,23)24/h6-12,16H,2-5H2,1H3,(H,25,29,30)(H,26,27,28). The highest BCUT2D eigenvalue weighted by Gasteiger charge is 2.32. The van der Waals surface area contributed by atoms with Gasteiger partial charge in [-0.05, 0) is 49.1 Å². The van der Waals surface area contributed by atoms with E-state index in [0.717, 1.165) is 41.8 Å². The molecule has 2 N–H and O–H groups in total. The predicted molar refractivity (Wildman–Crippen MR) is 108 cm³/mol. The molecule has 2 aromatic heterocycles. The zero-order chi connectivity index (χ0) is 21.1. The van der Waals surface area contributed by atoms with Crippen molar-refractivity contribution in [2.75, 3.05) is 10.6 Å². The van der Waals surface area contributed by atoms with E-state index in [9.17, 15) is 13.2 Å². The first-order chi connectivity index (χ1) is 14.4. The second-order valence-electron chi connectivity index (χ2n) is 7.40. The first-order valence-corrected chi connectivity index (χ1v) is 9.75. The van der Waals surface area contributed by atoms with Gasteiger partial charge in [0.05, 0.1) is 0 Å². The number of nitrogens with zero attached hydrogens (tertiary/aromatic N) is 4. The van der Waals surface area contributed by atoms with Crippen LogP contribution in [0.2, 0.25) is 0 Å². The van der Waals surface area contributed by atoms with Crippen molar-refractivity contribution in [1.82, 2.24) is 19.9 Å². The van der Waals surface area contributed by atoms with Crippen molar-refractivity contribution >= 4 is 17.6 Å². The zero-order valence-electron chi connectivity index (χ0n) is 16.4. The molecular formula is C21H21F3N6. The lowest BCUT2D eigenvalue weighted by atomic mass is 10.1. The molecule has 0 spiro atoms. The normalized spacial score (nSPS) is 14.7. The number of nitrogens with one attached hydrogen (secondary N) is 2. The molecule has 0 bridgehead atoms. The van der Waals surface area contributed by atoms with Crippen molar-refractivity contribution in [2.45, 2.75) is 44.8 Å². The summed E-state index contributed by atoms with van der Waals surface area (Å²) in [5.74, 6) is 0.489. The third-order valence-electron chi connectivity index (χ3n) is 4.95. The van der Waals surface area contributed by atoms with E-state index in [0.29, 0.717) is 17.7 Å². The van der Waals surface area contributed by atoms with E-state index < -0.39 is 11.9 Å². The van der Waals surface area contributed by atoms with Crippen molar-refractivity contribution < 1.29 is 13.2 Å². The molecule has 0 amide bonds. The van der Waals surface area contributed by atoms with Crippen molar-refractivity contribution in [3.63, 3.8) is 0 Å². The van der Waals surface area contributed by atoms with Crippen molar-refractivity contribution in [3.8, 4) is 11.1 Å². The van der Waals surface area contributed by atoms with Crippen molar-refractivity contribution in [1.29, 1.82) is 0 Å². The highest BCUT2D eigenvalue weighted by molar-refractivity contribution is 5.70. The Morgan fingerprint density at radius 3 is 2.37 bits per heavy atom. The van der Waals surface area contributed by atoms with Crippen LogP contribution in [-0.4, -0.2) is 26.0 Å². The number of halogens is 3. The topological polar surface area (TPSA) is 75.6 Å².